The third kappa shape index (κ3) is 2.94. The number of aliphatic imine (C=N–C) groups is 1. The number of rotatable bonds is 3. The van der Waals surface area contributed by atoms with Crippen LogP contribution in [0.2, 0.25) is 0 Å². The van der Waals surface area contributed by atoms with Gasteiger partial charge in [-0.05, 0) is 30.7 Å². The molecule has 1 aromatic carbocycles. The van der Waals surface area contributed by atoms with Crippen LogP contribution < -0.4 is 5.32 Å². The van der Waals surface area contributed by atoms with Gasteiger partial charge in [-0.1, -0.05) is 34.1 Å². The number of benzene rings is 1. The summed E-state index contributed by atoms with van der Waals surface area (Å²) >= 11 is 3.42. The van der Waals surface area contributed by atoms with Gasteiger partial charge in [0.2, 0.25) is 0 Å². The lowest BCUT2D eigenvalue weighted by molar-refractivity contribution is -0.133. The summed E-state index contributed by atoms with van der Waals surface area (Å²) < 4.78 is 14.8. The summed E-state index contributed by atoms with van der Waals surface area (Å²) in [5, 5.41) is 12.4. The lowest BCUT2D eigenvalue weighted by atomic mass is 9.96. The number of halogens is 2. The van der Waals surface area contributed by atoms with E-state index in [9.17, 15) is 14.3 Å². The summed E-state index contributed by atoms with van der Waals surface area (Å²) in [5.74, 6) is -1.40. The van der Waals surface area contributed by atoms with Crippen LogP contribution in [0.4, 0.5) is 4.39 Å². The zero-order valence-electron chi connectivity index (χ0n) is 12.6. The van der Waals surface area contributed by atoms with Gasteiger partial charge >= 0.3 is 5.97 Å². The number of carboxylic acid groups (broad SMARTS) is 1. The molecule has 7 heteroatoms. The summed E-state index contributed by atoms with van der Waals surface area (Å²) in [7, 11) is 0. The number of carbonyl (C=O) groups is 1. The monoisotopic (exact) mass is 389 g/mol. The first-order valence-electron chi connectivity index (χ1n) is 7.13. The summed E-state index contributed by atoms with van der Waals surface area (Å²) in [4.78, 5) is 20.1. The van der Waals surface area contributed by atoms with Crippen molar-refractivity contribution < 1.29 is 14.3 Å². The molecule has 1 aliphatic rings. The highest BCUT2D eigenvalue weighted by molar-refractivity contribution is 9.10. The Labute approximate surface area is 146 Å². The molecular formula is C17H13BrFN3O2. The molecule has 5 nitrogen and oxygen atoms in total. The molecule has 1 aliphatic heterocycles. The zero-order chi connectivity index (χ0) is 17.3. The number of nitrogens with zero attached hydrogens (tertiary/aromatic N) is 2. The molecule has 0 amide bonds. The minimum Gasteiger partial charge on any atom is -0.478 e. The van der Waals surface area contributed by atoms with E-state index < -0.39 is 17.8 Å². The number of carboxylic acids is 1. The van der Waals surface area contributed by atoms with E-state index in [-0.39, 0.29) is 17.1 Å². The molecular weight excluding hydrogens is 377 g/mol. The van der Waals surface area contributed by atoms with Crippen LogP contribution >= 0.6 is 15.9 Å². The lowest BCUT2D eigenvalue weighted by Crippen LogP contribution is -2.33. The van der Waals surface area contributed by atoms with Gasteiger partial charge in [-0.3, -0.25) is 4.99 Å². The summed E-state index contributed by atoms with van der Waals surface area (Å²) in [6.07, 6.45) is 1.46. The van der Waals surface area contributed by atoms with Crippen LogP contribution in [-0.2, 0) is 4.79 Å². The normalized spacial score (nSPS) is 17.3. The average molecular weight is 390 g/mol. The Morgan fingerprint density at radius 3 is 2.71 bits per heavy atom. The smallest absolute Gasteiger partial charge is 0.335 e. The van der Waals surface area contributed by atoms with Gasteiger partial charge in [-0.25, -0.2) is 14.2 Å². The predicted molar refractivity (Wildman–Crippen MR) is 91.1 cm³/mol. The minimum absolute atomic E-state index is 0.0540. The second-order valence-corrected chi connectivity index (χ2v) is 6.06. The quantitative estimate of drug-likeness (QED) is 0.842. The van der Waals surface area contributed by atoms with Crippen LogP contribution in [0.5, 0.6) is 0 Å². The number of hydrogen-bond acceptors (Lipinski definition) is 4. The van der Waals surface area contributed by atoms with E-state index in [1.807, 2.05) is 12.1 Å². The maximum Gasteiger partial charge on any atom is 0.335 e. The van der Waals surface area contributed by atoms with Crippen LogP contribution in [0, 0.1) is 5.82 Å². The fourth-order valence-electron chi connectivity index (χ4n) is 2.56. The molecule has 0 aliphatic carbocycles. The second-order valence-electron chi connectivity index (χ2n) is 5.20. The number of aliphatic carboxylic acids is 1. The van der Waals surface area contributed by atoms with Crippen molar-refractivity contribution in [1.82, 2.24) is 10.3 Å². The van der Waals surface area contributed by atoms with Crippen molar-refractivity contribution >= 4 is 27.7 Å². The van der Waals surface area contributed by atoms with E-state index in [0.29, 0.717) is 11.3 Å². The molecule has 0 bridgehead atoms. The van der Waals surface area contributed by atoms with Gasteiger partial charge in [0.25, 0.3) is 0 Å². The molecule has 0 saturated heterocycles. The van der Waals surface area contributed by atoms with E-state index >= 15 is 0 Å². The first-order valence-corrected chi connectivity index (χ1v) is 7.92. The third-order valence-electron chi connectivity index (χ3n) is 3.65. The predicted octanol–water partition coefficient (Wildman–Crippen LogP) is 3.43. The highest BCUT2D eigenvalue weighted by Gasteiger charge is 2.31. The SMILES string of the molecule is CC1=C(C(=O)O)C(c2ccccc2Br)N=C(c2ncccc2F)N1. The molecule has 1 aromatic heterocycles. The van der Waals surface area contributed by atoms with Crippen molar-refractivity contribution in [3.63, 3.8) is 0 Å². The maximum absolute atomic E-state index is 14.0. The van der Waals surface area contributed by atoms with Crippen molar-refractivity contribution in [2.45, 2.75) is 13.0 Å². The summed E-state index contributed by atoms with van der Waals surface area (Å²) in [6.45, 7) is 1.63. The first-order chi connectivity index (χ1) is 11.5. The minimum atomic E-state index is -1.08. The highest BCUT2D eigenvalue weighted by atomic mass is 79.9. The Hall–Kier alpha value is -2.54. The van der Waals surface area contributed by atoms with Gasteiger partial charge in [-0.2, -0.15) is 0 Å². The lowest BCUT2D eigenvalue weighted by Gasteiger charge is -2.25. The molecule has 1 atom stereocenters. The van der Waals surface area contributed by atoms with Crippen LogP contribution in [0.15, 0.2) is 63.3 Å². The number of amidine groups is 1. The largest absolute Gasteiger partial charge is 0.478 e. The third-order valence-corrected chi connectivity index (χ3v) is 4.38. The van der Waals surface area contributed by atoms with Gasteiger partial charge in [0.05, 0.1) is 5.57 Å². The van der Waals surface area contributed by atoms with Gasteiger partial charge in [0, 0.05) is 16.4 Å². The Balaban J connectivity index is 2.17. The molecule has 1 unspecified atom stereocenters. The fourth-order valence-corrected chi connectivity index (χ4v) is 3.06. The van der Waals surface area contributed by atoms with Crippen LogP contribution in [0.1, 0.15) is 24.2 Å². The highest BCUT2D eigenvalue weighted by Crippen LogP contribution is 2.35. The standard InChI is InChI=1S/C17H13BrFN3O2/c1-9-13(17(23)24)14(10-5-2-3-6-11(10)18)22-16(21-9)15-12(19)7-4-8-20-15/h2-8,14H,1H3,(H,21,22)(H,23,24). The molecule has 0 spiro atoms. The molecule has 2 aromatic rings. The first kappa shape index (κ1) is 16.3. The van der Waals surface area contributed by atoms with E-state index in [0.717, 1.165) is 4.47 Å². The number of pyridine rings is 1. The second kappa shape index (κ2) is 6.52. The number of aromatic nitrogens is 1. The molecule has 0 fully saturated rings. The summed E-state index contributed by atoms with van der Waals surface area (Å²) in [5.41, 5.74) is 1.25. The number of allylic oxidation sites excluding steroid dienone is 1. The molecule has 0 saturated carbocycles. The van der Waals surface area contributed by atoms with Gasteiger partial charge in [0.15, 0.2) is 11.7 Å². The van der Waals surface area contributed by atoms with E-state index in [2.05, 4.69) is 31.2 Å². The fraction of sp³-hybridized carbons (Fsp3) is 0.118. The van der Waals surface area contributed by atoms with E-state index in [1.165, 1.54) is 18.3 Å². The maximum atomic E-state index is 14.0. The summed E-state index contributed by atoms with van der Waals surface area (Å²) in [6, 6.07) is 9.22. The molecule has 2 N–H and O–H groups in total. The van der Waals surface area contributed by atoms with Crippen molar-refractivity contribution in [2.24, 2.45) is 4.99 Å². The Kier molecular flexibility index (Phi) is 4.44. The number of nitrogens with one attached hydrogen (secondary N) is 1. The van der Waals surface area contributed by atoms with Crippen molar-refractivity contribution in [1.29, 1.82) is 0 Å². The van der Waals surface area contributed by atoms with Gasteiger partial charge < -0.3 is 10.4 Å². The Bertz CT molecular complexity index is 880. The van der Waals surface area contributed by atoms with Crippen molar-refractivity contribution in [3.05, 3.63) is 75.4 Å². The Morgan fingerprint density at radius 2 is 2.04 bits per heavy atom. The molecule has 24 heavy (non-hydrogen) atoms. The van der Waals surface area contributed by atoms with E-state index in [1.54, 1.807) is 19.1 Å². The molecule has 122 valence electrons. The molecule has 0 radical (unpaired) electrons. The Morgan fingerprint density at radius 1 is 1.29 bits per heavy atom. The van der Waals surface area contributed by atoms with Crippen LogP contribution in [0.25, 0.3) is 0 Å². The average Bonchev–Trinajstić information content (AvgIpc) is 2.54. The van der Waals surface area contributed by atoms with Gasteiger partial charge in [0.1, 0.15) is 11.7 Å². The topological polar surface area (TPSA) is 74.6 Å². The van der Waals surface area contributed by atoms with Crippen molar-refractivity contribution in [2.75, 3.05) is 0 Å². The molecule has 2 heterocycles. The zero-order valence-corrected chi connectivity index (χ0v) is 14.2. The molecule has 3 rings (SSSR count). The van der Waals surface area contributed by atoms with Crippen molar-refractivity contribution in [3.8, 4) is 0 Å². The van der Waals surface area contributed by atoms with E-state index in [4.69, 9.17) is 0 Å². The van der Waals surface area contributed by atoms with Crippen LogP contribution in [0.3, 0.4) is 0 Å². The van der Waals surface area contributed by atoms with Gasteiger partial charge in [-0.15, -0.1) is 0 Å². The number of hydrogen-bond donors (Lipinski definition) is 2. The van der Waals surface area contributed by atoms with Crippen LogP contribution in [-0.4, -0.2) is 21.9 Å².